The van der Waals surface area contributed by atoms with Crippen LogP contribution in [0.5, 0.6) is 0 Å². The third-order valence-electron chi connectivity index (χ3n) is 6.99. The van der Waals surface area contributed by atoms with Crippen LogP contribution in [0.15, 0.2) is 34.4 Å². The molecule has 2 atom stereocenters. The zero-order valence-corrected chi connectivity index (χ0v) is 21.1. The van der Waals surface area contributed by atoms with Gasteiger partial charge in [-0.3, -0.25) is 0 Å². The van der Waals surface area contributed by atoms with Gasteiger partial charge in [0, 0.05) is 0 Å². The van der Waals surface area contributed by atoms with E-state index >= 15 is 0 Å². The van der Waals surface area contributed by atoms with Gasteiger partial charge < -0.3 is 24.8 Å². The van der Waals surface area contributed by atoms with Gasteiger partial charge in [0.15, 0.2) is 0 Å². The van der Waals surface area contributed by atoms with E-state index in [4.69, 9.17) is 0 Å². The number of rotatable bonds is 2. The molecule has 157 valence electrons. The number of hydrogen-bond donors (Lipinski definition) is 1. The molecule has 2 unspecified atom stereocenters. The molecule has 5 heteroatoms. The molecular weight excluding hydrogens is 425 g/mol. The van der Waals surface area contributed by atoms with Crippen LogP contribution in [0.1, 0.15) is 91.9 Å². The average Bonchev–Trinajstić information content (AvgIpc) is 2.82. The fourth-order valence-electron chi connectivity index (χ4n) is 5.06. The minimum Gasteiger partial charge on any atom is -1.00 e. The number of allylic oxidation sites excluding steroid dienone is 3. The first kappa shape index (κ1) is 28.0. The van der Waals surface area contributed by atoms with E-state index in [1.807, 2.05) is 0 Å². The second-order valence-electron chi connectivity index (χ2n) is 8.36. The monoisotopic (exact) mass is 460 g/mol. The van der Waals surface area contributed by atoms with Crippen molar-refractivity contribution in [2.75, 3.05) is 0 Å². The van der Waals surface area contributed by atoms with E-state index in [1.54, 1.807) is 20.7 Å². The van der Waals surface area contributed by atoms with Gasteiger partial charge >= 0.3 is 173 Å². The Morgan fingerprint density at radius 1 is 0.964 bits per heavy atom. The molecule has 2 rings (SSSR count). The zero-order chi connectivity index (χ0) is 19.3. The van der Waals surface area contributed by atoms with Crippen LogP contribution in [0.2, 0.25) is 0 Å². The van der Waals surface area contributed by atoms with Crippen molar-refractivity contribution in [3.05, 3.63) is 34.4 Å². The summed E-state index contributed by atoms with van der Waals surface area (Å²) in [6.45, 7) is 13.4. The van der Waals surface area contributed by atoms with Gasteiger partial charge in [0.2, 0.25) is 0 Å². The molecule has 1 N–H and O–H groups in total. The fraction of sp³-hybridized carbons (Fsp3) is 0.696. The van der Waals surface area contributed by atoms with E-state index in [-0.39, 0.29) is 30.7 Å². The number of carbonyl (C=O) groups is 1. The second-order valence-corrected chi connectivity index (χ2v) is 8.75. The van der Waals surface area contributed by atoms with E-state index in [0.717, 1.165) is 31.3 Å². The molecule has 1 fully saturated rings. The first-order chi connectivity index (χ1) is 12.4. The molecule has 1 saturated carbocycles. The van der Waals surface area contributed by atoms with Crippen LogP contribution >= 0.6 is 0 Å². The Morgan fingerprint density at radius 3 is 1.93 bits per heavy atom. The van der Waals surface area contributed by atoms with Gasteiger partial charge in [0.1, 0.15) is 0 Å². The summed E-state index contributed by atoms with van der Waals surface area (Å²) in [7, 11) is 0. The molecule has 0 bridgehead atoms. The van der Waals surface area contributed by atoms with Crippen molar-refractivity contribution in [3.63, 3.8) is 0 Å². The van der Waals surface area contributed by atoms with Crippen molar-refractivity contribution in [2.45, 2.75) is 91.9 Å². The van der Waals surface area contributed by atoms with Crippen molar-refractivity contribution in [1.29, 1.82) is 0 Å². The van der Waals surface area contributed by atoms with Gasteiger partial charge in [-0.15, -0.1) is 0 Å². The standard InChI is InChI=1S/C23H37NO.2ClH.Ti/c1-16-14-12-10-8-6-7-9-11-13-15-23(16,22(24)25)21-19(4)17(2)18(3)20(21)5;;;/h19H,1,6-15H2,2-5H3,(H2,24,25);2*1H;/q;;;+3/p-3. The first-order valence-electron chi connectivity index (χ1n) is 10.4. The largest absolute Gasteiger partial charge is 1.00 e. The summed E-state index contributed by atoms with van der Waals surface area (Å²) in [5.41, 5.74) is 6.05. The predicted molar refractivity (Wildman–Crippen MR) is 106 cm³/mol. The third kappa shape index (κ3) is 5.57. The van der Waals surface area contributed by atoms with Crippen LogP contribution in [0.4, 0.5) is 0 Å². The summed E-state index contributed by atoms with van der Waals surface area (Å²) in [6, 6.07) is 0. The summed E-state index contributed by atoms with van der Waals surface area (Å²) in [6.07, 6.45) is 11.9. The normalized spacial score (nSPS) is 27.4. The van der Waals surface area contributed by atoms with Crippen molar-refractivity contribution in [2.24, 2.45) is 11.3 Å². The Hall–Kier alpha value is -0.0157. The number of nitrogens with one attached hydrogen (secondary N) is 1. The number of hydrogen-bond acceptors (Lipinski definition) is 1. The summed E-state index contributed by atoms with van der Waals surface area (Å²) in [5.74, 6) is 0.486. The van der Waals surface area contributed by atoms with Gasteiger partial charge in [-0.05, 0) is 0 Å². The van der Waals surface area contributed by atoms with E-state index < -0.39 is 5.41 Å². The smallest absolute Gasteiger partial charge is 1.00 e. The van der Waals surface area contributed by atoms with E-state index in [9.17, 15) is 4.79 Å². The van der Waals surface area contributed by atoms with Gasteiger partial charge in [0.25, 0.3) is 0 Å². The predicted octanol–water partition coefficient (Wildman–Crippen LogP) is 0.332. The Bertz CT molecular complexity index is 626. The maximum absolute atomic E-state index is 13.4. The third-order valence-corrected chi connectivity index (χ3v) is 7.34. The maximum Gasteiger partial charge on any atom is -1.00 e. The van der Waals surface area contributed by atoms with Gasteiger partial charge in [-0.25, -0.2) is 0 Å². The number of carbonyl (C=O) groups excluding carboxylic acids is 1. The van der Waals surface area contributed by atoms with Crippen LogP contribution in [0, 0.1) is 11.3 Å². The molecule has 0 aromatic heterocycles. The van der Waals surface area contributed by atoms with Crippen molar-refractivity contribution >= 4 is 5.91 Å². The maximum atomic E-state index is 13.4. The van der Waals surface area contributed by atoms with Crippen LogP contribution in [-0.4, -0.2) is 5.91 Å². The van der Waals surface area contributed by atoms with Crippen molar-refractivity contribution < 1.29 is 50.3 Å². The molecule has 0 aromatic rings. The zero-order valence-electron chi connectivity index (χ0n) is 18.0. The summed E-state index contributed by atoms with van der Waals surface area (Å²) >= 11 is 1.79. The van der Waals surface area contributed by atoms with Gasteiger partial charge in [0.05, 0.1) is 0 Å². The van der Waals surface area contributed by atoms with Crippen molar-refractivity contribution in [1.82, 2.24) is 3.80 Å². The minimum absolute atomic E-state index is 0. The molecule has 2 nitrogen and oxygen atoms in total. The number of halogens is 2. The molecule has 2 aliphatic rings. The SMILES string of the molecule is C=C1CCCCCCCCCCC1(C(=O)[NH][Ti+2])C1=C(C)C(C)=C(C)C1C.[Cl-].[Cl-]. The molecule has 0 aliphatic heterocycles. The molecule has 1 amide bonds. The van der Waals surface area contributed by atoms with E-state index in [2.05, 4.69) is 38.1 Å². The van der Waals surface area contributed by atoms with Crippen LogP contribution < -0.4 is 28.6 Å². The van der Waals surface area contributed by atoms with Gasteiger partial charge in [-0.2, -0.15) is 0 Å². The molecule has 0 heterocycles. The number of amides is 1. The van der Waals surface area contributed by atoms with Crippen LogP contribution in [0.3, 0.4) is 0 Å². The summed E-state index contributed by atoms with van der Waals surface area (Å²) in [5, 5.41) is 0. The van der Waals surface area contributed by atoms with E-state index in [0.29, 0.717) is 5.92 Å². The van der Waals surface area contributed by atoms with Crippen LogP contribution in [-0.2, 0) is 25.5 Å². The van der Waals surface area contributed by atoms with Crippen molar-refractivity contribution in [3.8, 4) is 0 Å². The van der Waals surface area contributed by atoms with Gasteiger partial charge in [-0.1, -0.05) is 0 Å². The molecule has 28 heavy (non-hydrogen) atoms. The quantitative estimate of drug-likeness (QED) is 0.467. The molecule has 0 radical (unpaired) electrons. The van der Waals surface area contributed by atoms with E-state index in [1.165, 1.54) is 60.8 Å². The topological polar surface area (TPSA) is 29.1 Å². The average molecular weight is 461 g/mol. The Balaban J connectivity index is 0.00000364. The molecule has 0 saturated heterocycles. The first-order valence-corrected chi connectivity index (χ1v) is 11.2. The summed E-state index contributed by atoms with van der Waals surface area (Å²) < 4.78 is 3.01. The Labute approximate surface area is 197 Å². The Morgan fingerprint density at radius 2 is 1.46 bits per heavy atom. The Kier molecular flexibility index (Phi) is 12.6. The summed E-state index contributed by atoms with van der Waals surface area (Å²) in [4.78, 5) is 13.4. The van der Waals surface area contributed by atoms with Crippen LogP contribution in [0.25, 0.3) is 0 Å². The fourth-order valence-corrected chi connectivity index (χ4v) is 5.39. The molecule has 0 spiro atoms. The molecule has 0 aromatic carbocycles. The molecule has 2 aliphatic carbocycles. The molecular formula is C23H36Cl2NOTi. The second kappa shape index (κ2) is 12.6. The minimum atomic E-state index is -0.531.